The van der Waals surface area contributed by atoms with Crippen LogP contribution in [0.3, 0.4) is 0 Å². The molecule has 1 N–H and O–H groups in total. The van der Waals surface area contributed by atoms with E-state index in [1.165, 1.54) is 6.42 Å². The largest absolute Gasteiger partial charge is 0.377 e. The van der Waals surface area contributed by atoms with E-state index in [1.807, 2.05) is 0 Å². The third-order valence-corrected chi connectivity index (χ3v) is 2.86. The Bertz CT molecular complexity index is 172. The van der Waals surface area contributed by atoms with Crippen molar-refractivity contribution < 1.29 is 4.74 Å². The van der Waals surface area contributed by atoms with Crippen LogP contribution in [0.25, 0.3) is 0 Å². The first-order valence-corrected chi connectivity index (χ1v) is 5.76. The molecule has 1 rings (SSSR count). The van der Waals surface area contributed by atoms with Gasteiger partial charge in [-0.05, 0) is 11.8 Å². The van der Waals surface area contributed by atoms with Crippen LogP contribution in [0.4, 0.5) is 0 Å². The number of hydrogen-bond acceptors (Lipinski definition) is 2. The molecule has 0 aromatic heterocycles. The smallest absolute Gasteiger partial charge is 0.0664 e. The fourth-order valence-corrected chi connectivity index (χ4v) is 2.19. The van der Waals surface area contributed by atoms with Crippen molar-refractivity contribution in [1.29, 1.82) is 0 Å². The molecule has 84 valence electrons. The molecule has 2 heteroatoms. The standard InChI is InChI=1S/C12H25NO/c1-9(2)13-8-10-6-7-14-11(10)12(3,4)5/h9-11,13H,6-8H2,1-5H3. The molecule has 1 aliphatic rings. The molecule has 14 heavy (non-hydrogen) atoms. The summed E-state index contributed by atoms with van der Waals surface area (Å²) >= 11 is 0. The Hall–Kier alpha value is -0.0800. The maximum atomic E-state index is 5.82. The van der Waals surface area contributed by atoms with Crippen molar-refractivity contribution in [2.45, 2.75) is 53.2 Å². The summed E-state index contributed by atoms with van der Waals surface area (Å²) in [6.45, 7) is 13.2. The summed E-state index contributed by atoms with van der Waals surface area (Å²) in [4.78, 5) is 0. The van der Waals surface area contributed by atoms with Crippen LogP contribution in [0.2, 0.25) is 0 Å². The molecule has 0 saturated carbocycles. The molecule has 2 atom stereocenters. The lowest BCUT2D eigenvalue weighted by Crippen LogP contribution is -2.38. The predicted molar refractivity (Wildman–Crippen MR) is 60.4 cm³/mol. The van der Waals surface area contributed by atoms with Crippen LogP contribution in [-0.2, 0) is 4.74 Å². The summed E-state index contributed by atoms with van der Waals surface area (Å²) < 4.78 is 5.82. The summed E-state index contributed by atoms with van der Waals surface area (Å²) in [6.07, 6.45) is 1.63. The van der Waals surface area contributed by atoms with Crippen LogP contribution in [0.15, 0.2) is 0 Å². The molecule has 2 unspecified atom stereocenters. The van der Waals surface area contributed by atoms with E-state index in [-0.39, 0.29) is 5.41 Å². The van der Waals surface area contributed by atoms with E-state index < -0.39 is 0 Å². The van der Waals surface area contributed by atoms with Gasteiger partial charge in [0.05, 0.1) is 6.10 Å². The van der Waals surface area contributed by atoms with E-state index in [4.69, 9.17) is 4.74 Å². The van der Waals surface area contributed by atoms with Crippen molar-refractivity contribution in [2.75, 3.05) is 13.2 Å². The van der Waals surface area contributed by atoms with Crippen molar-refractivity contribution in [2.24, 2.45) is 11.3 Å². The van der Waals surface area contributed by atoms with Crippen LogP contribution in [0.1, 0.15) is 41.0 Å². The average molecular weight is 199 g/mol. The third kappa shape index (κ3) is 3.25. The zero-order chi connectivity index (χ0) is 10.8. The Labute approximate surface area is 88.4 Å². The summed E-state index contributed by atoms with van der Waals surface area (Å²) in [6, 6.07) is 0.580. The number of hydrogen-bond donors (Lipinski definition) is 1. The van der Waals surface area contributed by atoms with Gasteiger partial charge in [-0.1, -0.05) is 34.6 Å². The minimum Gasteiger partial charge on any atom is -0.377 e. The molecule has 1 heterocycles. The summed E-state index contributed by atoms with van der Waals surface area (Å²) in [5, 5.41) is 3.51. The zero-order valence-corrected chi connectivity index (χ0v) is 10.3. The predicted octanol–water partition coefficient (Wildman–Crippen LogP) is 2.44. The van der Waals surface area contributed by atoms with Gasteiger partial charge in [0, 0.05) is 25.1 Å². The van der Waals surface area contributed by atoms with Gasteiger partial charge >= 0.3 is 0 Å². The molecule has 1 fully saturated rings. The van der Waals surface area contributed by atoms with Crippen molar-refractivity contribution in [3.05, 3.63) is 0 Å². The van der Waals surface area contributed by atoms with Crippen molar-refractivity contribution >= 4 is 0 Å². The first-order valence-electron chi connectivity index (χ1n) is 5.76. The molecule has 0 amide bonds. The lowest BCUT2D eigenvalue weighted by molar-refractivity contribution is 0.00696. The molecule has 0 aromatic carbocycles. The summed E-state index contributed by atoms with van der Waals surface area (Å²) in [5.74, 6) is 0.692. The first kappa shape index (κ1) is 12.0. The van der Waals surface area contributed by atoms with Crippen molar-refractivity contribution in [3.63, 3.8) is 0 Å². The molecular weight excluding hydrogens is 174 g/mol. The highest BCUT2D eigenvalue weighted by Crippen LogP contribution is 2.34. The molecule has 0 aliphatic carbocycles. The Morgan fingerprint density at radius 3 is 2.50 bits per heavy atom. The Morgan fingerprint density at radius 1 is 1.36 bits per heavy atom. The van der Waals surface area contributed by atoms with Gasteiger partial charge in [-0.25, -0.2) is 0 Å². The number of nitrogens with one attached hydrogen (secondary N) is 1. The summed E-state index contributed by atoms with van der Waals surface area (Å²) in [7, 11) is 0. The van der Waals surface area contributed by atoms with Crippen LogP contribution in [0, 0.1) is 11.3 Å². The fourth-order valence-electron chi connectivity index (χ4n) is 2.19. The molecule has 0 radical (unpaired) electrons. The van der Waals surface area contributed by atoms with Gasteiger partial charge < -0.3 is 10.1 Å². The van der Waals surface area contributed by atoms with Crippen LogP contribution in [-0.4, -0.2) is 25.3 Å². The van der Waals surface area contributed by atoms with Crippen LogP contribution >= 0.6 is 0 Å². The fraction of sp³-hybridized carbons (Fsp3) is 1.00. The number of rotatable bonds is 3. The van der Waals surface area contributed by atoms with Gasteiger partial charge in [-0.15, -0.1) is 0 Å². The van der Waals surface area contributed by atoms with Gasteiger partial charge in [0.25, 0.3) is 0 Å². The van der Waals surface area contributed by atoms with Crippen LogP contribution in [0.5, 0.6) is 0 Å². The third-order valence-electron chi connectivity index (χ3n) is 2.86. The van der Waals surface area contributed by atoms with E-state index in [2.05, 4.69) is 39.9 Å². The summed E-state index contributed by atoms with van der Waals surface area (Å²) in [5.41, 5.74) is 0.278. The normalized spacial score (nSPS) is 28.7. The molecule has 1 saturated heterocycles. The minimum atomic E-state index is 0.278. The quantitative estimate of drug-likeness (QED) is 0.754. The lowest BCUT2D eigenvalue weighted by atomic mass is 9.81. The highest BCUT2D eigenvalue weighted by molar-refractivity contribution is 4.86. The maximum Gasteiger partial charge on any atom is 0.0664 e. The SMILES string of the molecule is CC(C)NCC1CCOC1C(C)(C)C. The van der Waals surface area contributed by atoms with Gasteiger partial charge in [0.2, 0.25) is 0 Å². The highest BCUT2D eigenvalue weighted by Gasteiger charge is 2.36. The zero-order valence-electron chi connectivity index (χ0n) is 10.3. The second-order valence-corrected chi connectivity index (χ2v) is 5.77. The van der Waals surface area contributed by atoms with E-state index in [1.54, 1.807) is 0 Å². The Kier molecular flexibility index (Phi) is 3.96. The Balaban J connectivity index is 2.43. The lowest BCUT2D eigenvalue weighted by Gasteiger charge is -2.31. The highest BCUT2D eigenvalue weighted by atomic mass is 16.5. The van der Waals surface area contributed by atoms with Crippen molar-refractivity contribution in [1.82, 2.24) is 5.32 Å². The molecule has 0 spiro atoms. The monoisotopic (exact) mass is 199 g/mol. The molecular formula is C12H25NO. The molecule has 0 bridgehead atoms. The van der Waals surface area contributed by atoms with E-state index >= 15 is 0 Å². The maximum absolute atomic E-state index is 5.82. The molecule has 0 aromatic rings. The van der Waals surface area contributed by atoms with Crippen molar-refractivity contribution in [3.8, 4) is 0 Å². The second kappa shape index (κ2) is 4.63. The van der Waals surface area contributed by atoms with E-state index in [9.17, 15) is 0 Å². The molecule has 1 aliphatic heterocycles. The van der Waals surface area contributed by atoms with Crippen LogP contribution < -0.4 is 5.32 Å². The molecule has 2 nitrogen and oxygen atoms in total. The van der Waals surface area contributed by atoms with Gasteiger partial charge in [0.15, 0.2) is 0 Å². The second-order valence-electron chi connectivity index (χ2n) is 5.77. The van der Waals surface area contributed by atoms with E-state index in [0.29, 0.717) is 18.1 Å². The van der Waals surface area contributed by atoms with Gasteiger partial charge in [-0.2, -0.15) is 0 Å². The number of ether oxygens (including phenoxy) is 1. The minimum absolute atomic E-state index is 0.278. The first-order chi connectivity index (χ1) is 6.41. The average Bonchev–Trinajstić information content (AvgIpc) is 2.46. The van der Waals surface area contributed by atoms with Gasteiger partial charge in [0.1, 0.15) is 0 Å². The van der Waals surface area contributed by atoms with E-state index in [0.717, 1.165) is 13.2 Å². The van der Waals surface area contributed by atoms with Gasteiger partial charge in [-0.3, -0.25) is 0 Å². The topological polar surface area (TPSA) is 21.3 Å². The Morgan fingerprint density at radius 2 is 2.00 bits per heavy atom.